The summed E-state index contributed by atoms with van der Waals surface area (Å²) in [7, 11) is 4.23. The van der Waals surface area contributed by atoms with Gasteiger partial charge in [-0.15, -0.1) is 0 Å². The standard InChI is InChI=1S/C15H26N2S/c1-5-14(16)15(18-10-9-17(3)4)13-8-6-7-12(2)11-13/h6-8,11,14-15H,5,9-10,16H2,1-4H3. The molecule has 2 nitrogen and oxygen atoms in total. The monoisotopic (exact) mass is 266 g/mol. The van der Waals surface area contributed by atoms with Crippen molar-refractivity contribution in [2.45, 2.75) is 31.6 Å². The first-order valence-electron chi connectivity index (χ1n) is 6.63. The predicted octanol–water partition coefficient (Wildman–Crippen LogP) is 3.07. The second kappa shape index (κ2) is 7.82. The van der Waals surface area contributed by atoms with E-state index in [4.69, 9.17) is 5.73 Å². The zero-order chi connectivity index (χ0) is 13.5. The Labute approximate surface area is 116 Å². The maximum absolute atomic E-state index is 6.28. The molecule has 0 saturated heterocycles. The summed E-state index contributed by atoms with van der Waals surface area (Å²) < 4.78 is 0. The van der Waals surface area contributed by atoms with Gasteiger partial charge in [-0.25, -0.2) is 0 Å². The van der Waals surface area contributed by atoms with Crippen LogP contribution >= 0.6 is 11.8 Å². The second-order valence-electron chi connectivity index (χ2n) is 5.08. The van der Waals surface area contributed by atoms with Crippen LogP contribution in [0, 0.1) is 6.92 Å². The van der Waals surface area contributed by atoms with Gasteiger partial charge in [-0.2, -0.15) is 11.8 Å². The van der Waals surface area contributed by atoms with Crippen LogP contribution in [0.5, 0.6) is 0 Å². The van der Waals surface area contributed by atoms with Crippen LogP contribution in [0.15, 0.2) is 24.3 Å². The minimum Gasteiger partial charge on any atom is -0.326 e. The average molecular weight is 266 g/mol. The van der Waals surface area contributed by atoms with Crippen LogP contribution in [0.2, 0.25) is 0 Å². The third kappa shape index (κ3) is 5.01. The van der Waals surface area contributed by atoms with Gasteiger partial charge in [0.1, 0.15) is 0 Å². The smallest absolute Gasteiger partial charge is 0.0448 e. The number of hydrogen-bond donors (Lipinski definition) is 1. The van der Waals surface area contributed by atoms with E-state index in [-0.39, 0.29) is 6.04 Å². The van der Waals surface area contributed by atoms with Crippen LogP contribution < -0.4 is 5.73 Å². The van der Waals surface area contributed by atoms with Gasteiger partial charge in [-0.05, 0) is 33.0 Å². The molecule has 0 fully saturated rings. The molecule has 1 aromatic carbocycles. The van der Waals surface area contributed by atoms with Crippen LogP contribution in [0.1, 0.15) is 29.7 Å². The van der Waals surface area contributed by atoms with Crippen molar-refractivity contribution in [2.75, 3.05) is 26.4 Å². The Balaban J connectivity index is 2.72. The third-order valence-electron chi connectivity index (χ3n) is 3.07. The molecular formula is C15H26N2S. The molecule has 0 heterocycles. The van der Waals surface area contributed by atoms with E-state index in [1.165, 1.54) is 11.1 Å². The van der Waals surface area contributed by atoms with Crippen LogP contribution in [0.4, 0.5) is 0 Å². The molecule has 1 aromatic rings. The fourth-order valence-corrected chi connectivity index (χ4v) is 3.39. The number of nitrogens with two attached hydrogens (primary N) is 1. The van der Waals surface area contributed by atoms with Gasteiger partial charge in [0.2, 0.25) is 0 Å². The summed E-state index contributed by atoms with van der Waals surface area (Å²) in [4.78, 5) is 2.22. The maximum atomic E-state index is 6.28. The van der Waals surface area contributed by atoms with Gasteiger partial charge in [0.15, 0.2) is 0 Å². The first kappa shape index (κ1) is 15.5. The third-order valence-corrected chi connectivity index (χ3v) is 4.47. The second-order valence-corrected chi connectivity index (χ2v) is 6.33. The summed E-state index contributed by atoms with van der Waals surface area (Å²) >= 11 is 1.98. The van der Waals surface area contributed by atoms with Gasteiger partial charge in [-0.3, -0.25) is 0 Å². The van der Waals surface area contributed by atoms with Crippen LogP contribution in [-0.4, -0.2) is 37.3 Å². The number of hydrogen-bond acceptors (Lipinski definition) is 3. The SMILES string of the molecule is CCC(N)C(SCCN(C)C)c1cccc(C)c1. The van der Waals surface area contributed by atoms with Crippen molar-refractivity contribution in [1.29, 1.82) is 0 Å². The van der Waals surface area contributed by atoms with Crippen molar-refractivity contribution in [3.8, 4) is 0 Å². The van der Waals surface area contributed by atoms with Crippen molar-refractivity contribution >= 4 is 11.8 Å². The van der Waals surface area contributed by atoms with Crippen LogP contribution in [0.3, 0.4) is 0 Å². The molecular weight excluding hydrogens is 240 g/mol. The van der Waals surface area contributed by atoms with E-state index in [1.54, 1.807) is 0 Å². The molecule has 0 radical (unpaired) electrons. The molecule has 2 unspecified atom stereocenters. The number of nitrogens with zero attached hydrogens (tertiary/aromatic N) is 1. The number of rotatable bonds is 7. The van der Waals surface area contributed by atoms with Crippen LogP contribution in [-0.2, 0) is 0 Å². The lowest BCUT2D eigenvalue weighted by Crippen LogP contribution is -2.27. The number of thioether (sulfide) groups is 1. The lowest BCUT2D eigenvalue weighted by molar-refractivity contribution is 0.437. The highest BCUT2D eigenvalue weighted by atomic mass is 32.2. The van der Waals surface area contributed by atoms with Crippen LogP contribution in [0.25, 0.3) is 0 Å². The number of aryl methyl sites for hydroxylation is 1. The molecule has 0 aliphatic carbocycles. The minimum atomic E-state index is 0.235. The Kier molecular flexibility index (Phi) is 6.76. The highest BCUT2D eigenvalue weighted by molar-refractivity contribution is 7.99. The van der Waals surface area contributed by atoms with Crippen molar-refractivity contribution < 1.29 is 0 Å². The summed E-state index contributed by atoms with van der Waals surface area (Å²) in [6.45, 7) is 5.41. The lowest BCUT2D eigenvalue weighted by atomic mass is 10.0. The van der Waals surface area contributed by atoms with E-state index in [9.17, 15) is 0 Å². The van der Waals surface area contributed by atoms with Crippen molar-refractivity contribution in [1.82, 2.24) is 4.90 Å². The highest BCUT2D eigenvalue weighted by Crippen LogP contribution is 2.32. The first-order chi connectivity index (χ1) is 8.54. The van der Waals surface area contributed by atoms with E-state index in [2.05, 4.69) is 57.1 Å². The molecule has 2 N–H and O–H groups in total. The molecule has 3 heteroatoms. The Morgan fingerprint density at radius 2 is 2.06 bits per heavy atom. The summed E-state index contributed by atoms with van der Waals surface area (Å²) in [5.41, 5.74) is 8.96. The van der Waals surface area contributed by atoms with Gasteiger partial charge in [0.25, 0.3) is 0 Å². The van der Waals surface area contributed by atoms with Gasteiger partial charge >= 0.3 is 0 Å². The molecule has 0 aliphatic heterocycles. The van der Waals surface area contributed by atoms with E-state index < -0.39 is 0 Å². The lowest BCUT2D eigenvalue weighted by Gasteiger charge is -2.24. The topological polar surface area (TPSA) is 29.3 Å². The van der Waals surface area contributed by atoms with E-state index in [1.807, 2.05) is 11.8 Å². The molecule has 0 spiro atoms. The Bertz CT molecular complexity index is 352. The Hall–Kier alpha value is -0.510. The van der Waals surface area contributed by atoms with E-state index >= 15 is 0 Å². The fourth-order valence-electron chi connectivity index (χ4n) is 1.89. The Morgan fingerprint density at radius 3 is 2.61 bits per heavy atom. The van der Waals surface area contributed by atoms with Crippen molar-refractivity contribution in [3.05, 3.63) is 35.4 Å². The first-order valence-corrected chi connectivity index (χ1v) is 7.68. The van der Waals surface area contributed by atoms with Gasteiger partial charge in [0.05, 0.1) is 0 Å². The molecule has 0 saturated carbocycles. The molecule has 18 heavy (non-hydrogen) atoms. The molecule has 0 amide bonds. The van der Waals surface area contributed by atoms with E-state index in [0.717, 1.165) is 18.7 Å². The van der Waals surface area contributed by atoms with Gasteiger partial charge in [0, 0.05) is 23.6 Å². The average Bonchev–Trinajstić information content (AvgIpc) is 2.33. The molecule has 0 bridgehead atoms. The highest BCUT2D eigenvalue weighted by Gasteiger charge is 2.18. The summed E-state index contributed by atoms with van der Waals surface area (Å²) in [5.74, 6) is 1.12. The maximum Gasteiger partial charge on any atom is 0.0448 e. The van der Waals surface area contributed by atoms with Crippen molar-refractivity contribution in [2.24, 2.45) is 5.73 Å². The van der Waals surface area contributed by atoms with Gasteiger partial charge < -0.3 is 10.6 Å². The minimum absolute atomic E-state index is 0.235. The summed E-state index contributed by atoms with van der Waals surface area (Å²) in [6, 6.07) is 8.98. The normalized spacial score (nSPS) is 14.8. The van der Waals surface area contributed by atoms with E-state index in [0.29, 0.717) is 5.25 Å². The molecule has 1 rings (SSSR count). The zero-order valence-corrected chi connectivity index (χ0v) is 12.8. The molecule has 0 aliphatic rings. The summed E-state index contributed by atoms with van der Waals surface area (Å²) in [6.07, 6.45) is 1.02. The van der Waals surface area contributed by atoms with Crippen molar-refractivity contribution in [3.63, 3.8) is 0 Å². The largest absolute Gasteiger partial charge is 0.326 e. The molecule has 102 valence electrons. The fraction of sp³-hybridized carbons (Fsp3) is 0.600. The quantitative estimate of drug-likeness (QED) is 0.822. The predicted molar refractivity (Wildman–Crippen MR) is 83.2 cm³/mol. The molecule has 0 aromatic heterocycles. The number of benzene rings is 1. The van der Waals surface area contributed by atoms with Gasteiger partial charge in [-0.1, -0.05) is 36.8 Å². The molecule has 2 atom stereocenters. The summed E-state index contributed by atoms with van der Waals surface area (Å²) in [5, 5.41) is 0.412. The Morgan fingerprint density at radius 1 is 1.33 bits per heavy atom. The zero-order valence-electron chi connectivity index (χ0n) is 12.0.